The van der Waals surface area contributed by atoms with E-state index in [0.29, 0.717) is 5.41 Å². The van der Waals surface area contributed by atoms with Crippen LogP contribution in [0.3, 0.4) is 0 Å². The van der Waals surface area contributed by atoms with Crippen molar-refractivity contribution < 1.29 is 0 Å². The molecule has 0 saturated heterocycles. The third-order valence-electron chi connectivity index (χ3n) is 4.30. The summed E-state index contributed by atoms with van der Waals surface area (Å²) in [5.41, 5.74) is 4.77. The van der Waals surface area contributed by atoms with Gasteiger partial charge in [0.15, 0.2) is 0 Å². The van der Waals surface area contributed by atoms with E-state index in [2.05, 4.69) is 50.7 Å². The average molecular weight is 220 g/mol. The Labute approximate surface area is 99.0 Å². The molecule has 0 aliphatic heterocycles. The van der Waals surface area contributed by atoms with Crippen LogP contribution in [0.2, 0.25) is 0 Å². The molecule has 1 aliphatic carbocycles. The van der Waals surface area contributed by atoms with Gasteiger partial charge >= 0.3 is 0 Å². The normalized spacial score (nSPS) is 22.4. The van der Waals surface area contributed by atoms with E-state index in [0.717, 1.165) is 12.5 Å². The maximum atomic E-state index is 3.59. The van der Waals surface area contributed by atoms with Gasteiger partial charge in [-0.15, -0.1) is 0 Å². The highest BCUT2D eigenvalue weighted by molar-refractivity contribution is 5.26. The van der Waals surface area contributed by atoms with Crippen molar-refractivity contribution in [2.45, 2.75) is 40.7 Å². The van der Waals surface area contributed by atoms with Gasteiger partial charge < -0.3 is 9.88 Å². The van der Waals surface area contributed by atoms with E-state index >= 15 is 0 Å². The molecule has 1 aliphatic rings. The molecule has 0 radical (unpaired) electrons. The summed E-state index contributed by atoms with van der Waals surface area (Å²) in [5.74, 6) is 0.887. The molecule has 16 heavy (non-hydrogen) atoms. The number of nitrogens with one attached hydrogen (secondary N) is 1. The molecule has 90 valence electrons. The van der Waals surface area contributed by atoms with E-state index < -0.39 is 0 Å². The fourth-order valence-electron chi connectivity index (χ4n) is 2.42. The van der Waals surface area contributed by atoms with Gasteiger partial charge in [-0.1, -0.05) is 13.8 Å². The highest BCUT2D eigenvalue weighted by atomic mass is 15.0. The van der Waals surface area contributed by atoms with Crippen LogP contribution in [-0.2, 0) is 13.6 Å². The molecule has 1 unspecified atom stereocenters. The Kier molecular flexibility index (Phi) is 2.87. The predicted octanol–water partition coefficient (Wildman–Crippen LogP) is 2.78. The van der Waals surface area contributed by atoms with Crippen LogP contribution >= 0.6 is 0 Å². The van der Waals surface area contributed by atoms with E-state index in [4.69, 9.17) is 0 Å². The van der Waals surface area contributed by atoms with Crippen molar-refractivity contribution in [2.24, 2.45) is 18.4 Å². The second kappa shape index (κ2) is 3.92. The Hall–Kier alpha value is -0.760. The molecule has 1 aromatic rings. The van der Waals surface area contributed by atoms with E-state index in [1.165, 1.54) is 29.9 Å². The van der Waals surface area contributed by atoms with E-state index in [9.17, 15) is 0 Å². The number of hydrogen-bond donors (Lipinski definition) is 1. The highest BCUT2D eigenvalue weighted by Crippen LogP contribution is 2.50. The lowest BCUT2D eigenvalue weighted by Crippen LogP contribution is -2.18. The van der Waals surface area contributed by atoms with Crippen molar-refractivity contribution in [1.29, 1.82) is 0 Å². The molecule has 0 aromatic carbocycles. The molecule has 0 amide bonds. The van der Waals surface area contributed by atoms with E-state index in [1.54, 1.807) is 0 Å². The summed E-state index contributed by atoms with van der Waals surface area (Å²) in [6.07, 6.45) is 1.38. The molecule has 1 saturated carbocycles. The molecule has 1 aromatic heterocycles. The Morgan fingerprint density at radius 2 is 2.06 bits per heavy atom. The molecule has 0 bridgehead atoms. The Morgan fingerprint density at radius 3 is 2.50 bits per heavy atom. The fraction of sp³-hybridized carbons (Fsp3) is 0.714. The Balaban J connectivity index is 1.84. The maximum absolute atomic E-state index is 3.59. The van der Waals surface area contributed by atoms with Crippen molar-refractivity contribution in [3.05, 3.63) is 23.0 Å². The van der Waals surface area contributed by atoms with Gasteiger partial charge in [0.1, 0.15) is 0 Å². The zero-order valence-electron chi connectivity index (χ0n) is 11.2. The van der Waals surface area contributed by atoms with Gasteiger partial charge in [-0.05, 0) is 49.8 Å². The lowest BCUT2D eigenvalue weighted by Gasteiger charge is -2.06. The molecule has 2 rings (SSSR count). The number of rotatable bonds is 4. The Bertz CT molecular complexity index is 388. The number of nitrogens with zero attached hydrogens (tertiary/aromatic N) is 1. The zero-order chi connectivity index (χ0) is 11.9. The van der Waals surface area contributed by atoms with Crippen LogP contribution in [0.5, 0.6) is 0 Å². The van der Waals surface area contributed by atoms with Crippen LogP contribution in [0.4, 0.5) is 0 Å². The third kappa shape index (κ3) is 2.17. The smallest absolute Gasteiger partial charge is 0.0223 e. The second-order valence-corrected chi connectivity index (χ2v) is 5.98. The van der Waals surface area contributed by atoms with Crippen LogP contribution in [-0.4, -0.2) is 11.1 Å². The second-order valence-electron chi connectivity index (χ2n) is 5.98. The number of aromatic nitrogens is 1. The summed E-state index contributed by atoms with van der Waals surface area (Å²) in [6, 6.07) is 2.29. The minimum Gasteiger partial charge on any atom is -0.352 e. The SMILES string of the molecule is Cc1cc(CNCC2CC2(C)C)c(C)n1C. The van der Waals surface area contributed by atoms with Crippen LogP contribution in [0, 0.1) is 25.2 Å². The zero-order valence-corrected chi connectivity index (χ0v) is 11.2. The third-order valence-corrected chi connectivity index (χ3v) is 4.30. The first-order chi connectivity index (χ1) is 7.42. The van der Waals surface area contributed by atoms with Gasteiger partial charge in [-0.2, -0.15) is 0 Å². The van der Waals surface area contributed by atoms with E-state index in [-0.39, 0.29) is 0 Å². The van der Waals surface area contributed by atoms with Gasteiger partial charge in [0.05, 0.1) is 0 Å². The molecular weight excluding hydrogens is 196 g/mol. The average Bonchev–Trinajstić information content (AvgIpc) is 2.74. The lowest BCUT2D eigenvalue weighted by atomic mass is 10.1. The van der Waals surface area contributed by atoms with Crippen LogP contribution < -0.4 is 5.32 Å². The van der Waals surface area contributed by atoms with Gasteiger partial charge in [0.2, 0.25) is 0 Å². The number of aryl methyl sites for hydroxylation is 1. The monoisotopic (exact) mass is 220 g/mol. The summed E-state index contributed by atoms with van der Waals surface area (Å²) in [4.78, 5) is 0. The first-order valence-corrected chi connectivity index (χ1v) is 6.24. The summed E-state index contributed by atoms with van der Waals surface area (Å²) in [6.45, 7) is 11.3. The lowest BCUT2D eigenvalue weighted by molar-refractivity contribution is 0.519. The summed E-state index contributed by atoms with van der Waals surface area (Å²) in [5, 5.41) is 3.59. The van der Waals surface area contributed by atoms with Crippen LogP contribution in [0.1, 0.15) is 37.2 Å². The van der Waals surface area contributed by atoms with E-state index in [1.807, 2.05) is 0 Å². The van der Waals surface area contributed by atoms with Gasteiger partial charge in [0.25, 0.3) is 0 Å². The van der Waals surface area contributed by atoms with Crippen molar-refractivity contribution in [3.63, 3.8) is 0 Å². The predicted molar refractivity (Wildman–Crippen MR) is 68.5 cm³/mol. The molecular formula is C14H24N2. The number of hydrogen-bond acceptors (Lipinski definition) is 1. The van der Waals surface area contributed by atoms with Crippen LogP contribution in [0.25, 0.3) is 0 Å². The largest absolute Gasteiger partial charge is 0.352 e. The molecule has 0 spiro atoms. The van der Waals surface area contributed by atoms with Gasteiger partial charge in [0, 0.05) is 25.0 Å². The topological polar surface area (TPSA) is 17.0 Å². The van der Waals surface area contributed by atoms with Gasteiger partial charge in [-0.25, -0.2) is 0 Å². The summed E-state index contributed by atoms with van der Waals surface area (Å²) in [7, 11) is 2.14. The van der Waals surface area contributed by atoms with Crippen LogP contribution in [0.15, 0.2) is 6.07 Å². The van der Waals surface area contributed by atoms with Crippen molar-refractivity contribution in [3.8, 4) is 0 Å². The fourth-order valence-corrected chi connectivity index (χ4v) is 2.42. The highest BCUT2D eigenvalue weighted by Gasteiger charge is 2.44. The molecule has 1 N–H and O–H groups in total. The molecule has 2 nitrogen and oxygen atoms in total. The Morgan fingerprint density at radius 1 is 1.44 bits per heavy atom. The minimum absolute atomic E-state index is 0.592. The quantitative estimate of drug-likeness (QED) is 0.825. The standard InChI is InChI=1S/C14H24N2/c1-10-6-12(11(2)16(10)5)8-15-9-13-7-14(13,3)4/h6,13,15H,7-9H2,1-5H3. The molecule has 1 atom stereocenters. The molecule has 1 fully saturated rings. The summed E-state index contributed by atoms with van der Waals surface area (Å²) < 4.78 is 2.26. The summed E-state index contributed by atoms with van der Waals surface area (Å²) >= 11 is 0. The van der Waals surface area contributed by atoms with Gasteiger partial charge in [-0.3, -0.25) is 0 Å². The minimum atomic E-state index is 0.592. The van der Waals surface area contributed by atoms with Crippen molar-refractivity contribution in [1.82, 2.24) is 9.88 Å². The molecule has 1 heterocycles. The maximum Gasteiger partial charge on any atom is 0.0223 e. The molecule has 2 heteroatoms. The van der Waals surface area contributed by atoms with Crippen molar-refractivity contribution >= 4 is 0 Å². The van der Waals surface area contributed by atoms with Crippen molar-refractivity contribution in [2.75, 3.05) is 6.54 Å². The first-order valence-electron chi connectivity index (χ1n) is 6.24. The first kappa shape index (κ1) is 11.7.